The molecule has 0 radical (unpaired) electrons. The summed E-state index contributed by atoms with van der Waals surface area (Å²) in [6.45, 7) is 4.61. The fourth-order valence-corrected chi connectivity index (χ4v) is 0.622. The monoisotopic (exact) mass is 160 g/mol. The molecule has 0 rings (SSSR count). The van der Waals surface area contributed by atoms with Gasteiger partial charge in [-0.3, -0.25) is 0 Å². The summed E-state index contributed by atoms with van der Waals surface area (Å²) >= 11 is 0. The first-order valence-corrected chi connectivity index (χ1v) is 3.74. The summed E-state index contributed by atoms with van der Waals surface area (Å²) in [5.74, 6) is 0.261. The molecule has 0 bridgehead atoms. The fourth-order valence-electron chi connectivity index (χ4n) is 0.622. The first-order chi connectivity index (χ1) is 5.16. The van der Waals surface area contributed by atoms with Crippen molar-refractivity contribution in [2.45, 2.75) is 32.8 Å². The van der Waals surface area contributed by atoms with Gasteiger partial charge >= 0.3 is 0 Å². The Labute approximate surface area is 67.0 Å². The molecule has 0 saturated heterocycles. The third-order valence-corrected chi connectivity index (χ3v) is 1.16. The van der Waals surface area contributed by atoms with Gasteiger partial charge in [0.25, 0.3) is 0 Å². The molecular formula is C7H16N2O2. The zero-order valence-corrected chi connectivity index (χ0v) is 7.08. The van der Waals surface area contributed by atoms with Gasteiger partial charge in [-0.1, -0.05) is 5.16 Å². The van der Waals surface area contributed by atoms with Crippen LogP contribution >= 0.6 is 0 Å². The maximum atomic E-state index is 8.17. The van der Waals surface area contributed by atoms with Crippen molar-refractivity contribution in [3.05, 3.63) is 0 Å². The van der Waals surface area contributed by atoms with Gasteiger partial charge in [0.15, 0.2) is 0 Å². The number of nitrogens with zero attached hydrogens (tertiary/aromatic N) is 1. The minimum atomic E-state index is 0.252. The van der Waals surface area contributed by atoms with E-state index in [0.717, 1.165) is 6.42 Å². The molecule has 11 heavy (non-hydrogen) atoms. The molecule has 0 aliphatic heterocycles. The molecule has 0 aliphatic carbocycles. The number of nitrogens with two attached hydrogens (primary N) is 1. The van der Waals surface area contributed by atoms with Crippen LogP contribution in [0.2, 0.25) is 0 Å². The van der Waals surface area contributed by atoms with Crippen LogP contribution in [-0.2, 0) is 4.74 Å². The van der Waals surface area contributed by atoms with Crippen LogP contribution in [0.15, 0.2) is 5.16 Å². The average Bonchev–Trinajstić information content (AvgIpc) is 1.97. The van der Waals surface area contributed by atoms with Gasteiger partial charge in [0, 0.05) is 13.0 Å². The topological polar surface area (TPSA) is 67.8 Å². The number of amidine groups is 1. The van der Waals surface area contributed by atoms with Gasteiger partial charge in [0.1, 0.15) is 5.84 Å². The first kappa shape index (κ1) is 10.2. The van der Waals surface area contributed by atoms with Crippen molar-refractivity contribution in [1.29, 1.82) is 0 Å². The molecule has 0 heterocycles. The molecule has 0 aromatic heterocycles. The third-order valence-electron chi connectivity index (χ3n) is 1.16. The Morgan fingerprint density at radius 2 is 2.27 bits per heavy atom. The second-order valence-electron chi connectivity index (χ2n) is 2.61. The van der Waals surface area contributed by atoms with E-state index in [2.05, 4.69) is 5.16 Å². The second-order valence-corrected chi connectivity index (χ2v) is 2.61. The molecule has 4 nitrogen and oxygen atoms in total. The second kappa shape index (κ2) is 5.97. The summed E-state index contributed by atoms with van der Waals surface area (Å²) in [5.41, 5.74) is 5.23. The van der Waals surface area contributed by atoms with Crippen molar-refractivity contribution >= 4 is 5.84 Å². The van der Waals surface area contributed by atoms with Gasteiger partial charge in [-0.25, -0.2) is 0 Å². The molecule has 0 fully saturated rings. The highest BCUT2D eigenvalue weighted by Gasteiger charge is 1.95. The number of hydrogen-bond donors (Lipinski definition) is 2. The molecule has 0 atom stereocenters. The van der Waals surface area contributed by atoms with Crippen molar-refractivity contribution in [2.24, 2.45) is 10.9 Å². The number of hydrogen-bond acceptors (Lipinski definition) is 3. The van der Waals surface area contributed by atoms with E-state index >= 15 is 0 Å². The van der Waals surface area contributed by atoms with Crippen molar-refractivity contribution in [3.8, 4) is 0 Å². The summed E-state index contributed by atoms with van der Waals surface area (Å²) in [6.07, 6.45) is 1.64. The van der Waals surface area contributed by atoms with E-state index in [1.54, 1.807) is 0 Å². The molecule has 66 valence electrons. The average molecular weight is 160 g/mol. The van der Waals surface area contributed by atoms with E-state index in [9.17, 15) is 0 Å². The third kappa shape index (κ3) is 7.12. The summed E-state index contributed by atoms with van der Waals surface area (Å²) in [5, 5.41) is 11.0. The summed E-state index contributed by atoms with van der Waals surface area (Å²) in [4.78, 5) is 0. The van der Waals surface area contributed by atoms with Crippen LogP contribution in [0.25, 0.3) is 0 Å². The van der Waals surface area contributed by atoms with Gasteiger partial charge in [0.2, 0.25) is 0 Å². The summed E-state index contributed by atoms with van der Waals surface area (Å²) in [6, 6.07) is 0. The highest BCUT2D eigenvalue weighted by Crippen LogP contribution is 1.93. The van der Waals surface area contributed by atoms with Crippen LogP contribution in [0.5, 0.6) is 0 Å². The summed E-state index contributed by atoms with van der Waals surface area (Å²) in [7, 11) is 0. The molecule has 0 spiro atoms. The van der Waals surface area contributed by atoms with Gasteiger partial charge in [-0.15, -0.1) is 0 Å². The van der Waals surface area contributed by atoms with Crippen molar-refractivity contribution in [3.63, 3.8) is 0 Å². The van der Waals surface area contributed by atoms with Gasteiger partial charge in [0.05, 0.1) is 6.10 Å². The predicted molar refractivity (Wildman–Crippen MR) is 43.7 cm³/mol. The van der Waals surface area contributed by atoms with Crippen LogP contribution in [0.1, 0.15) is 26.7 Å². The lowest BCUT2D eigenvalue weighted by Crippen LogP contribution is -2.13. The molecule has 0 aromatic carbocycles. The lowest BCUT2D eigenvalue weighted by molar-refractivity contribution is 0.0779. The lowest BCUT2D eigenvalue weighted by Gasteiger charge is -2.05. The van der Waals surface area contributed by atoms with E-state index < -0.39 is 0 Å². The quantitative estimate of drug-likeness (QED) is 0.207. The molecule has 3 N–H and O–H groups in total. The zero-order chi connectivity index (χ0) is 8.69. The molecule has 0 unspecified atom stereocenters. The van der Waals surface area contributed by atoms with E-state index in [0.29, 0.717) is 13.0 Å². The van der Waals surface area contributed by atoms with Crippen LogP contribution in [0.4, 0.5) is 0 Å². The van der Waals surface area contributed by atoms with Crippen molar-refractivity contribution in [1.82, 2.24) is 0 Å². The van der Waals surface area contributed by atoms with Crippen LogP contribution in [0, 0.1) is 0 Å². The maximum Gasteiger partial charge on any atom is 0.139 e. The molecule has 0 aromatic rings. The van der Waals surface area contributed by atoms with Gasteiger partial charge in [-0.2, -0.15) is 0 Å². The van der Waals surface area contributed by atoms with Crippen molar-refractivity contribution in [2.75, 3.05) is 6.61 Å². The maximum absolute atomic E-state index is 8.17. The van der Waals surface area contributed by atoms with Crippen LogP contribution in [-0.4, -0.2) is 23.8 Å². The molecule has 0 saturated carbocycles. The number of rotatable bonds is 5. The molecule has 4 heteroatoms. The number of oxime groups is 1. The Hall–Kier alpha value is -0.770. The highest BCUT2D eigenvalue weighted by molar-refractivity contribution is 5.79. The Balaban J connectivity index is 3.15. The smallest absolute Gasteiger partial charge is 0.139 e. The minimum Gasteiger partial charge on any atom is -0.409 e. The van der Waals surface area contributed by atoms with E-state index in [-0.39, 0.29) is 11.9 Å². The Morgan fingerprint density at radius 3 is 2.73 bits per heavy atom. The van der Waals surface area contributed by atoms with Crippen molar-refractivity contribution < 1.29 is 9.94 Å². The van der Waals surface area contributed by atoms with E-state index in [1.807, 2.05) is 13.8 Å². The Bertz CT molecular complexity index is 124. The Kier molecular flexibility index (Phi) is 5.56. The summed E-state index contributed by atoms with van der Waals surface area (Å²) < 4.78 is 5.24. The predicted octanol–water partition coefficient (Wildman–Crippen LogP) is 0.938. The number of ether oxygens (including phenoxy) is 1. The highest BCUT2D eigenvalue weighted by atomic mass is 16.5. The first-order valence-electron chi connectivity index (χ1n) is 3.74. The lowest BCUT2D eigenvalue weighted by atomic mass is 10.3. The fraction of sp³-hybridized carbons (Fsp3) is 0.857. The normalized spacial score (nSPS) is 12.5. The SMILES string of the molecule is CC(C)OCCC/C(N)=N/O. The van der Waals surface area contributed by atoms with E-state index in [1.165, 1.54) is 0 Å². The zero-order valence-electron chi connectivity index (χ0n) is 7.08. The largest absolute Gasteiger partial charge is 0.409 e. The minimum absolute atomic E-state index is 0.252. The molecular weight excluding hydrogens is 144 g/mol. The van der Waals surface area contributed by atoms with E-state index in [4.69, 9.17) is 15.7 Å². The van der Waals surface area contributed by atoms with Gasteiger partial charge in [-0.05, 0) is 20.3 Å². The van der Waals surface area contributed by atoms with Crippen LogP contribution in [0.3, 0.4) is 0 Å². The molecule has 0 amide bonds. The van der Waals surface area contributed by atoms with Crippen LogP contribution < -0.4 is 5.73 Å². The molecule has 0 aliphatic rings. The Morgan fingerprint density at radius 1 is 1.64 bits per heavy atom. The standard InChI is InChI=1S/C7H16N2O2/c1-6(2)11-5-3-4-7(8)9-10/h6,10H,3-5H2,1-2H3,(H2,8,9). The van der Waals surface area contributed by atoms with Gasteiger partial charge < -0.3 is 15.7 Å².